The molecule has 0 aromatic heterocycles. The van der Waals surface area contributed by atoms with Gasteiger partial charge >= 0.3 is 0 Å². The lowest BCUT2D eigenvalue weighted by Crippen LogP contribution is -2.59. The molecule has 3 aromatic carbocycles. The van der Waals surface area contributed by atoms with Crippen LogP contribution in [0.25, 0.3) is 4.85 Å². The molecule has 3 unspecified atom stereocenters. The second kappa shape index (κ2) is 14.1. The second-order valence-electron chi connectivity index (χ2n) is 17.4. The van der Waals surface area contributed by atoms with Gasteiger partial charge in [0.1, 0.15) is 6.04 Å². The first kappa shape index (κ1) is 36.9. The van der Waals surface area contributed by atoms with E-state index in [0.717, 1.165) is 107 Å². The third kappa shape index (κ3) is 6.28. The van der Waals surface area contributed by atoms with E-state index in [0.29, 0.717) is 39.7 Å². The van der Waals surface area contributed by atoms with Crippen LogP contribution in [0.5, 0.6) is 0 Å². The zero-order chi connectivity index (χ0) is 39.9. The maximum absolute atomic E-state index is 13.6. The predicted octanol–water partition coefficient (Wildman–Crippen LogP) is 4.68. The summed E-state index contributed by atoms with van der Waals surface area (Å²) >= 11 is 6.33. The van der Waals surface area contributed by atoms with Gasteiger partial charge in [-0.05, 0) is 97.5 Å². The molecule has 5 amide bonds. The average molecular weight is 801 g/mol. The SMILES string of the molecule is [C-]#[N+]c1ccc(N2CCC3(CCN(C(=O)c4ccc(N5CC6CN(C7CN(c8ccc9c(c8)C(=O)N(C8CCC(=O)NC8=O)C9=O)C7)CC6C5)cc4)CC3)C2)cc1Cl. The molecule has 10 rings (SSSR count). The largest absolute Gasteiger partial charge is 0.371 e. The molecule has 0 bridgehead atoms. The van der Waals surface area contributed by atoms with Gasteiger partial charge in [0.05, 0.1) is 17.7 Å². The van der Waals surface area contributed by atoms with Crippen LogP contribution in [-0.2, 0) is 9.59 Å². The Labute approximate surface area is 342 Å². The Hall–Kier alpha value is -5.45. The van der Waals surface area contributed by atoms with E-state index in [2.05, 4.69) is 41.9 Å². The number of piperidine rings is 2. The molecule has 0 saturated carbocycles. The van der Waals surface area contributed by atoms with Gasteiger partial charge in [-0.2, -0.15) is 0 Å². The summed E-state index contributed by atoms with van der Waals surface area (Å²) in [5, 5.41) is 2.75. The monoisotopic (exact) mass is 800 g/mol. The van der Waals surface area contributed by atoms with Crippen molar-refractivity contribution in [2.45, 2.75) is 44.2 Å². The fraction of sp³-hybridized carbons (Fsp3) is 0.455. The van der Waals surface area contributed by atoms with Crippen molar-refractivity contribution in [3.8, 4) is 0 Å². The van der Waals surface area contributed by atoms with E-state index in [1.165, 1.54) is 5.69 Å². The van der Waals surface area contributed by atoms with E-state index >= 15 is 0 Å². The molecular formula is C44H45ClN8O5. The van der Waals surface area contributed by atoms with Crippen LogP contribution in [0.15, 0.2) is 60.7 Å². The lowest BCUT2D eigenvalue weighted by molar-refractivity contribution is -0.136. The topological polar surface area (TPSA) is 121 Å². The standard InChI is InChI=1S/C44H45ClN8O5/c1-46-37-9-7-32(19-36(37)45)49-17-14-44(26-49)12-15-48(16-13-44)41(56)27-2-4-30(5-3-27)50-20-28-22-51(23-29(28)21-50)33-24-52(25-33)31-6-8-34-35(18-31)43(58)53(42(34)57)38-10-11-39(54)47-40(38)55/h2-9,18-19,28-29,33,38H,10-17,20-26H2,(H,47,54,55). The van der Waals surface area contributed by atoms with E-state index in [9.17, 15) is 24.0 Å². The Morgan fingerprint density at radius 2 is 1.38 bits per heavy atom. The molecule has 0 radical (unpaired) electrons. The molecule has 6 saturated heterocycles. The number of imide groups is 2. The summed E-state index contributed by atoms with van der Waals surface area (Å²) in [5.74, 6) is -0.681. The number of hydrogen-bond donors (Lipinski definition) is 1. The maximum Gasteiger partial charge on any atom is 0.262 e. The van der Waals surface area contributed by atoms with Crippen molar-refractivity contribution >= 4 is 63.9 Å². The number of hydrogen-bond acceptors (Lipinski definition) is 9. The van der Waals surface area contributed by atoms with Crippen molar-refractivity contribution in [1.82, 2.24) is 20.0 Å². The van der Waals surface area contributed by atoms with Gasteiger partial charge in [0, 0.05) is 106 Å². The average Bonchev–Trinajstić information content (AvgIpc) is 3.97. The lowest BCUT2D eigenvalue weighted by Gasteiger charge is -2.46. The zero-order valence-corrected chi connectivity index (χ0v) is 33.0. The first-order valence-corrected chi connectivity index (χ1v) is 20.9. The summed E-state index contributed by atoms with van der Waals surface area (Å²) in [6, 6.07) is 18.7. The van der Waals surface area contributed by atoms with Crippen molar-refractivity contribution < 1.29 is 24.0 Å². The summed E-state index contributed by atoms with van der Waals surface area (Å²) in [6.45, 7) is 16.5. The molecule has 7 aliphatic heterocycles. The van der Waals surface area contributed by atoms with Gasteiger partial charge in [-0.3, -0.25) is 39.1 Å². The Balaban J connectivity index is 0.689. The van der Waals surface area contributed by atoms with Gasteiger partial charge in [-0.1, -0.05) is 17.7 Å². The summed E-state index contributed by atoms with van der Waals surface area (Å²) in [4.78, 5) is 80.3. The molecule has 6 fully saturated rings. The van der Waals surface area contributed by atoms with Crippen LogP contribution >= 0.6 is 11.6 Å². The highest BCUT2D eigenvalue weighted by molar-refractivity contribution is 6.33. The highest BCUT2D eigenvalue weighted by Gasteiger charge is 2.47. The predicted molar refractivity (Wildman–Crippen MR) is 218 cm³/mol. The van der Waals surface area contributed by atoms with Crippen LogP contribution in [0.3, 0.4) is 0 Å². The summed E-state index contributed by atoms with van der Waals surface area (Å²) in [7, 11) is 0. The van der Waals surface area contributed by atoms with E-state index in [1.807, 2.05) is 35.2 Å². The Bertz CT molecular complexity index is 2270. The number of carbonyl (C=O) groups is 5. The van der Waals surface area contributed by atoms with Crippen molar-refractivity contribution in [3.63, 3.8) is 0 Å². The zero-order valence-electron chi connectivity index (χ0n) is 32.2. The van der Waals surface area contributed by atoms with Crippen molar-refractivity contribution in [2.75, 3.05) is 80.1 Å². The van der Waals surface area contributed by atoms with E-state index in [-0.39, 0.29) is 30.1 Å². The van der Waals surface area contributed by atoms with Crippen LogP contribution in [-0.4, -0.2) is 122 Å². The summed E-state index contributed by atoms with van der Waals surface area (Å²) < 4.78 is 0. The van der Waals surface area contributed by atoms with Gasteiger partial charge in [0.2, 0.25) is 17.5 Å². The first-order chi connectivity index (χ1) is 28.1. The highest BCUT2D eigenvalue weighted by Crippen LogP contribution is 2.44. The molecule has 3 atom stereocenters. The number of halogens is 1. The van der Waals surface area contributed by atoms with Crippen LogP contribution in [0, 0.1) is 23.8 Å². The minimum atomic E-state index is -0.968. The Morgan fingerprint density at radius 3 is 2.07 bits per heavy atom. The van der Waals surface area contributed by atoms with Gasteiger partial charge in [-0.15, -0.1) is 0 Å². The molecule has 58 heavy (non-hydrogen) atoms. The van der Waals surface area contributed by atoms with Gasteiger partial charge in [0.25, 0.3) is 17.7 Å². The summed E-state index contributed by atoms with van der Waals surface area (Å²) in [6.07, 6.45) is 3.30. The number of carbonyl (C=O) groups excluding carboxylic acids is 5. The van der Waals surface area contributed by atoms with Crippen molar-refractivity contribution in [1.29, 1.82) is 0 Å². The van der Waals surface area contributed by atoms with Crippen molar-refractivity contribution in [3.05, 3.63) is 93.8 Å². The first-order valence-electron chi connectivity index (χ1n) is 20.5. The van der Waals surface area contributed by atoms with Gasteiger partial charge < -0.3 is 19.6 Å². The van der Waals surface area contributed by atoms with Crippen LogP contribution < -0.4 is 20.0 Å². The number of likely N-dealkylation sites (tertiary alicyclic amines) is 2. The Kier molecular flexibility index (Phi) is 8.98. The van der Waals surface area contributed by atoms with Crippen molar-refractivity contribution in [2.24, 2.45) is 17.3 Å². The molecule has 14 heteroatoms. The quantitative estimate of drug-likeness (QED) is 0.280. The smallest absolute Gasteiger partial charge is 0.262 e. The molecule has 13 nitrogen and oxygen atoms in total. The maximum atomic E-state index is 13.6. The number of benzene rings is 3. The molecule has 1 N–H and O–H groups in total. The number of nitrogens with one attached hydrogen (secondary N) is 1. The number of rotatable bonds is 6. The third-order valence-corrected chi connectivity index (χ3v) is 14.4. The molecular weight excluding hydrogens is 756 g/mol. The number of amides is 5. The van der Waals surface area contributed by atoms with Crippen LogP contribution in [0.2, 0.25) is 5.02 Å². The fourth-order valence-corrected chi connectivity index (χ4v) is 10.8. The lowest BCUT2D eigenvalue weighted by atomic mass is 9.77. The molecule has 3 aromatic rings. The normalized spacial score (nSPS) is 25.7. The van der Waals surface area contributed by atoms with E-state index in [4.69, 9.17) is 18.2 Å². The number of fused-ring (bicyclic) bond motifs is 2. The summed E-state index contributed by atoms with van der Waals surface area (Å²) in [5.41, 5.74) is 5.17. The Morgan fingerprint density at radius 1 is 0.741 bits per heavy atom. The molecule has 7 heterocycles. The molecule has 0 aliphatic carbocycles. The third-order valence-electron chi connectivity index (χ3n) is 14.1. The molecule has 7 aliphatic rings. The van der Waals surface area contributed by atoms with E-state index in [1.54, 1.807) is 18.2 Å². The van der Waals surface area contributed by atoms with E-state index < -0.39 is 23.8 Å². The number of nitrogens with zero attached hydrogens (tertiary/aromatic N) is 7. The molecule has 1 spiro atoms. The minimum Gasteiger partial charge on any atom is -0.371 e. The van der Waals surface area contributed by atoms with Crippen LogP contribution in [0.1, 0.15) is 63.2 Å². The minimum absolute atomic E-state index is 0.0958. The van der Waals surface area contributed by atoms with Gasteiger partial charge in [-0.25, -0.2) is 4.85 Å². The number of anilines is 3. The highest BCUT2D eigenvalue weighted by atomic mass is 35.5. The second-order valence-corrected chi connectivity index (χ2v) is 17.8. The molecule has 298 valence electrons. The fourth-order valence-electron chi connectivity index (χ4n) is 10.6. The van der Waals surface area contributed by atoms with Crippen LogP contribution in [0.4, 0.5) is 22.7 Å². The van der Waals surface area contributed by atoms with Gasteiger partial charge in [0.15, 0.2) is 0 Å².